The number of carbonyl (C=O) groups is 2. The first kappa shape index (κ1) is 18.1. The SMILES string of the molecule is COc1ccc(C(C)NC(=O)CN2CCCCCC2=O)cc1OC. The fourth-order valence-electron chi connectivity index (χ4n) is 2.87. The number of hydrogen-bond donors (Lipinski definition) is 1. The van der Waals surface area contributed by atoms with Gasteiger partial charge in [-0.2, -0.15) is 0 Å². The van der Waals surface area contributed by atoms with Gasteiger partial charge in [-0.05, 0) is 37.5 Å². The standard InChI is InChI=1S/C18H26N2O4/c1-13(14-8-9-15(23-2)16(11-14)24-3)19-17(21)12-20-10-6-4-5-7-18(20)22/h8-9,11,13H,4-7,10,12H2,1-3H3,(H,19,21). The Morgan fingerprint density at radius 1 is 1.21 bits per heavy atom. The van der Waals surface area contributed by atoms with Crippen LogP contribution in [-0.4, -0.2) is 44.0 Å². The first-order valence-electron chi connectivity index (χ1n) is 8.34. The molecule has 1 aliphatic heterocycles. The number of methoxy groups -OCH3 is 2. The molecule has 1 aliphatic rings. The number of carbonyl (C=O) groups excluding carboxylic acids is 2. The predicted octanol–water partition coefficient (Wildman–Crippen LogP) is 2.28. The Balaban J connectivity index is 1.97. The van der Waals surface area contributed by atoms with Crippen molar-refractivity contribution in [1.82, 2.24) is 10.2 Å². The highest BCUT2D eigenvalue weighted by Gasteiger charge is 2.20. The largest absolute Gasteiger partial charge is 0.493 e. The molecule has 1 aromatic rings. The summed E-state index contributed by atoms with van der Waals surface area (Å²) >= 11 is 0. The van der Waals surface area contributed by atoms with E-state index < -0.39 is 0 Å². The molecule has 0 aliphatic carbocycles. The fraction of sp³-hybridized carbons (Fsp3) is 0.556. The molecule has 1 fully saturated rings. The Bertz CT molecular complexity index is 588. The summed E-state index contributed by atoms with van der Waals surface area (Å²) in [4.78, 5) is 25.9. The van der Waals surface area contributed by atoms with E-state index in [1.807, 2.05) is 25.1 Å². The number of likely N-dealkylation sites (tertiary alicyclic amines) is 1. The summed E-state index contributed by atoms with van der Waals surface area (Å²) in [6.45, 7) is 2.69. The highest BCUT2D eigenvalue weighted by atomic mass is 16.5. The summed E-state index contributed by atoms with van der Waals surface area (Å²) in [6.07, 6.45) is 3.47. The van der Waals surface area contributed by atoms with Gasteiger partial charge in [0.05, 0.1) is 26.8 Å². The minimum absolute atomic E-state index is 0.0708. The zero-order valence-electron chi connectivity index (χ0n) is 14.6. The molecule has 0 spiro atoms. The van der Waals surface area contributed by atoms with Crippen LogP contribution in [0.3, 0.4) is 0 Å². The monoisotopic (exact) mass is 334 g/mol. The van der Waals surface area contributed by atoms with Crippen LogP contribution < -0.4 is 14.8 Å². The van der Waals surface area contributed by atoms with E-state index in [0.29, 0.717) is 24.5 Å². The normalized spacial score (nSPS) is 16.3. The topological polar surface area (TPSA) is 67.9 Å². The van der Waals surface area contributed by atoms with Crippen LogP contribution in [0, 0.1) is 0 Å². The zero-order valence-corrected chi connectivity index (χ0v) is 14.6. The number of ether oxygens (including phenoxy) is 2. The van der Waals surface area contributed by atoms with Crippen molar-refractivity contribution in [1.29, 1.82) is 0 Å². The third kappa shape index (κ3) is 4.63. The first-order valence-corrected chi connectivity index (χ1v) is 8.34. The van der Waals surface area contributed by atoms with Crippen molar-refractivity contribution in [3.05, 3.63) is 23.8 Å². The summed E-state index contributed by atoms with van der Waals surface area (Å²) in [5.74, 6) is 1.20. The van der Waals surface area contributed by atoms with Gasteiger partial charge in [0.2, 0.25) is 11.8 Å². The Morgan fingerprint density at radius 3 is 2.67 bits per heavy atom. The van der Waals surface area contributed by atoms with Crippen LogP contribution in [0.15, 0.2) is 18.2 Å². The fourth-order valence-corrected chi connectivity index (χ4v) is 2.87. The van der Waals surface area contributed by atoms with Gasteiger partial charge in [0.1, 0.15) is 0 Å². The van der Waals surface area contributed by atoms with E-state index in [0.717, 1.165) is 24.8 Å². The van der Waals surface area contributed by atoms with Gasteiger partial charge in [0.15, 0.2) is 11.5 Å². The van der Waals surface area contributed by atoms with Gasteiger partial charge in [-0.15, -0.1) is 0 Å². The molecule has 1 N–H and O–H groups in total. The summed E-state index contributed by atoms with van der Waals surface area (Å²) in [7, 11) is 3.16. The number of amides is 2. The third-order valence-electron chi connectivity index (χ3n) is 4.29. The van der Waals surface area contributed by atoms with Crippen LogP contribution in [0.2, 0.25) is 0 Å². The van der Waals surface area contributed by atoms with Gasteiger partial charge < -0.3 is 19.7 Å². The van der Waals surface area contributed by atoms with Gasteiger partial charge >= 0.3 is 0 Å². The number of nitrogens with one attached hydrogen (secondary N) is 1. The molecule has 0 radical (unpaired) electrons. The van der Waals surface area contributed by atoms with E-state index in [2.05, 4.69) is 5.32 Å². The highest BCUT2D eigenvalue weighted by Crippen LogP contribution is 2.29. The lowest BCUT2D eigenvalue weighted by atomic mass is 10.1. The molecule has 1 saturated heterocycles. The Morgan fingerprint density at radius 2 is 1.96 bits per heavy atom. The van der Waals surface area contributed by atoms with E-state index in [9.17, 15) is 9.59 Å². The summed E-state index contributed by atoms with van der Waals surface area (Å²) in [5, 5.41) is 2.94. The van der Waals surface area contributed by atoms with Crippen molar-refractivity contribution in [3.8, 4) is 11.5 Å². The minimum Gasteiger partial charge on any atom is -0.493 e. The van der Waals surface area contributed by atoms with Crippen LogP contribution in [0.4, 0.5) is 0 Å². The average molecular weight is 334 g/mol. The molecule has 6 heteroatoms. The first-order chi connectivity index (χ1) is 11.5. The highest BCUT2D eigenvalue weighted by molar-refractivity contribution is 5.85. The van der Waals surface area contributed by atoms with E-state index in [4.69, 9.17) is 9.47 Å². The second-order valence-corrected chi connectivity index (χ2v) is 6.03. The van der Waals surface area contributed by atoms with Gasteiger partial charge in [-0.3, -0.25) is 9.59 Å². The maximum absolute atomic E-state index is 12.3. The van der Waals surface area contributed by atoms with Crippen LogP contribution >= 0.6 is 0 Å². The van der Waals surface area contributed by atoms with Crippen molar-refractivity contribution in [3.63, 3.8) is 0 Å². The van der Waals surface area contributed by atoms with Gasteiger partial charge in [-0.1, -0.05) is 12.5 Å². The molecule has 2 rings (SSSR count). The summed E-state index contributed by atoms with van der Waals surface area (Å²) in [6, 6.07) is 5.37. The van der Waals surface area contributed by atoms with Crippen LogP contribution in [0.1, 0.15) is 44.2 Å². The van der Waals surface area contributed by atoms with Gasteiger partial charge in [0.25, 0.3) is 0 Å². The molecule has 1 aromatic carbocycles. The van der Waals surface area contributed by atoms with E-state index >= 15 is 0 Å². The van der Waals surface area contributed by atoms with Crippen molar-refractivity contribution in [2.75, 3.05) is 27.3 Å². The number of rotatable bonds is 6. The molecule has 132 valence electrons. The molecule has 2 amide bonds. The lowest BCUT2D eigenvalue weighted by Crippen LogP contribution is -2.41. The lowest BCUT2D eigenvalue weighted by Gasteiger charge is -2.22. The zero-order chi connectivity index (χ0) is 17.5. The molecule has 1 unspecified atom stereocenters. The maximum Gasteiger partial charge on any atom is 0.240 e. The third-order valence-corrected chi connectivity index (χ3v) is 4.29. The molecular formula is C18H26N2O4. The smallest absolute Gasteiger partial charge is 0.240 e. The van der Waals surface area contributed by atoms with E-state index in [1.54, 1.807) is 19.1 Å². The Hall–Kier alpha value is -2.24. The summed E-state index contributed by atoms with van der Waals surface area (Å²) < 4.78 is 10.5. The molecule has 6 nitrogen and oxygen atoms in total. The quantitative estimate of drug-likeness (QED) is 0.867. The molecule has 24 heavy (non-hydrogen) atoms. The van der Waals surface area contributed by atoms with Crippen molar-refractivity contribution >= 4 is 11.8 Å². The molecule has 0 saturated carbocycles. The maximum atomic E-state index is 12.3. The predicted molar refractivity (Wildman–Crippen MR) is 91.2 cm³/mol. The van der Waals surface area contributed by atoms with Gasteiger partial charge in [0, 0.05) is 13.0 Å². The molecule has 0 aromatic heterocycles. The van der Waals surface area contributed by atoms with Crippen molar-refractivity contribution < 1.29 is 19.1 Å². The van der Waals surface area contributed by atoms with Gasteiger partial charge in [-0.25, -0.2) is 0 Å². The Labute approximate surface area is 143 Å². The molecule has 1 atom stereocenters. The molecular weight excluding hydrogens is 308 g/mol. The van der Waals surface area contributed by atoms with E-state index in [1.165, 1.54) is 0 Å². The van der Waals surface area contributed by atoms with Crippen molar-refractivity contribution in [2.24, 2.45) is 0 Å². The molecule has 1 heterocycles. The number of nitrogens with zero attached hydrogens (tertiary/aromatic N) is 1. The van der Waals surface area contributed by atoms with Crippen LogP contribution in [0.25, 0.3) is 0 Å². The summed E-state index contributed by atoms with van der Waals surface area (Å²) in [5.41, 5.74) is 0.920. The van der Waals surface area contributed by atoms with Crippen molar-refractivity contribution in [2.45, 2.75) is 38.6 Å². The average Bonchev–Trinajstić information content (AvgIpc) is 2.78. The molecule has 0 bridgehead atoms. The van der Waals surface area contributed by atoms with Crippen LogP contribution in [-0.2, 0) is 9.59 Å². The Kier molecular flexibility index (Phi) is 6.46. The number of benzene rings is 1. The van der Waals surface area contributed by atoms with Crippen LogP contribution in [0.5, 0.6) is 11.5 Å². The second-order valence-electron chi connectivity index (χ2n) is 6.03. The minimum atomic E-state index is -0.181. The van der Waals surface area contributed by atoms with E-state index in [-0.39, 0.29) is 24.4 Å². The number of hydrogen-bond acceptors (Lipinski definition) is 4. The lowest BCUT2D eigenvalue weighted by molar-refractivity contribution is -0.135. The second kappa shape index (κ2) is 8.57.